The average Bonchev–Trinajstić information content (AvgIpc) is 2.80. The highest BCUT2D eigenvalue weighted by Crippen LogP contribution is 2.23. The maximum Gasteiger partial charge on any atom is 0.258 e. The molecule has 0 spiro atoms. The van der Waals surface area contributed by atoms with E-state index < -0.39 is 0 Å². The SMILES string of the molecule is CNC(C)Cc1noc(-c2cccc(C)c2C)n1. The summed E-state index contributed by atoms with van der Waals surface area (Å²) < 4.78 is 5.34. The summed E-state index contributed by atoms with van der Waals surface area (Å²) in [4.78, 5) is 4.45. The van der Waals surface area contributed by atoms with Crippen LogP contribution in [0, 0.1) is 13.8 Å². The molecule has 2 rings (SSSR count). The number of nitrogens with zero attached hydrogens (tertiary/aromatic N) is 2. The van der Waals surface area contributed by atoms with Crippen molar-refractivity contribution in [2.75, 3.05) is 7.05 Å². The molecule has 0 amide bonds. The van der Waals surface area contributed by atoms with E-state index in [4.69, 9.17) is 4.52 Å². The minimum absolute atomic E-state index is 0.342. The predicted molar refractivity (Wildman–Crippen MR) is 71.4 cm³/mol. The summed E-state index contributed by atoms with van der Waals surface area (Å²) in [6.45, 7) is 6.25. The van der Waals surface area contributed by atoms with Crippen LogP contribution in [-0.4, -0.2) is 23.2 Å². The molecular formula is C14H19N3O. The van der Waals surface area contributed by atoms with Gasteiger partial charge in [-0.2, -0.15) is 4.98 Å². The molecular weight excluding hydrogens is 226 g/mol. The maximum absolute atomic E-state index is 5.34. The average molecular weight is 245 g/mol. The first-order valence-corrected chi connectivity index (χ1v) is 6.18. The Labute approximate surface area is 107 Å². The topological polar surface area (TPSA) is 51.0 Å². The smallest absolute Gasteiger partial charge is 0.258 e. The molecule has 0 bridgehead atoms. The second-order valence-electron chi connectivity index (χ2n) is 4.66. The highest BCUT2D eigenvalue weighted by atomic mass is 16.5. The fourth-order valence-electron chi connectivity index (χ4n) is 1.80. The van der Waals surface area contributed by atoms with Crippen LogP contribution < -0.4 is 5.32 Å². The number of likely N-dealkylation sites (N-methyl/N-ethyl adjacent to an activating group) is 1. The fraction of sp³-hybridized carbons (Fsp3) is 0.429. The van der Waals surface area contributed by atoms with E-state index in [1.165, 1.54) is 11.1 Å². The number of aryl methyl sites for hydroxylation is 1. The van der Waals surface area contributed by atoms with E-state index in [1.54, 1.807) is 0 Å². The second kappa shape index (κ2) is 5.31. The molecule has 18 heavy (non-hydrogen) atoms. The first kappa shape index (κ1) is 12.8. The van der Waals surface area contributed by atoms with Crippen molar-refractivity contribution in [1.82, 2.24) is 15.5 Å². The van der Waals surface area contributed by atoms with Crippen LogP contribution in [0.5, 0.6) is 0 Å². The van der Waals surface area contributed by atoms with Gasteiger partial charge >= 0.3 is 0 Å². The van der Waals surface area contributed by atoms with Gasteiger partial charge < -0.3 is 9.84 Å². The Morgan fingerprint density at radius 2 is 2.11 bits per heavy atom. The Kier molecular flexibility index (Phi) is 3.77. The molecule has 4 heteroatoms. The van der Waals surface area contributed by atoms with E-state index in [1.807, 2.05) is 19.2 Å². The predicted octanol–water partition coefficient (Wildman–Crippen LogP) is 2.50. The molecule has 4 nitrogen and oxygen atoms in total. The number of rotatable bonds is 4. The molecule has 1 aromatic carbocycles. The summed E-state index contributed by atoms with van der Waals surface area (Å²) in [5, 5.41) is 7.19. The van der Waals surface area contributed by atoms with Crippen molar-refractivity contribution >= 4 is 0 Å². The number of benzene rings is 1. The Hall–Kier alpha value is -1.68. The van der Waals surface area contributed by atoms with E-state index in [0.717, 1.165) is 17.8 Å². The van der Waals surface area contributed by atoms with Crippen molar-refractivity contribution in [3.63, 3.8) is 0 Å². The van der Waals surface area contributed by atoms with E-state index >= 15 is 0 Å². The lowest BCUT2D eigenvalue weighted by atomic mass is 10.0. The molecule has 96 valence electrons. The van der Waals surface area contributed by atoms with Gasteiger partial charge in [0.2, 0.25) is 0 Å². The molecule has 1 aromatic heterocycles. The van der Waals surface area contributed by atoms with Crippen molar-refractivity contribution in [2.45, 2.75) is 33.2 Å². The molecule has 2 aromatic rings. The highest BCUT2D eigenvalue weighted by molar-refractivity contribution is 5.60. The van der Waals surface area contributed by atoms with Crippen LogP contribution in [0.2, 0.25) is 0 Å². The second-order valence-corrected chi connectivity index (χ2v) is 4.66. The quantitative estimate of drug-likeness (QED) is 0.899. The zero-order chi connectivity index (χ0) is 13.1. The van der Waals surface area contributed by atoms with Crippen molar-refractivity contribution < 1.29 is 4.52 Å². The lowest BCUT2D eigenvalue weighted by molar-refractivity contribution is 0.418. The molecule has 0 saturated heterocycles. The molecule has 0 aliphatic heterocycles. The summed E-state index contributed by atoms with van der Waals surface area (Å²) in [5.41, 5.74) is 3.44. The minimum Gasteiger partial charge on any atom is -0.334 e. The maximum atomic E-state index is 5.34. The van der Waals surface area contributed by atoms with Crippen LogP contribution in [0.1, 0.15) is 23.9 Å². The van der Waals surface area contributed by atoms with Crippen LogP contribution in [0.15, 0.2) is 22.7 Å². The molecule has 0 fully saturated rings. The van der Waals surface area contributed by atoms with Crippen molar-refractivity contribution in [2.24, 2.45) is 0 Å². The largest absolute Gasteiger partial charge is 0.334 e. The fourth-order valence-corrected chi connectivity index (χ4v) is 1.80. The molecule has 1 heterocycles. The van der Waals surface area contributed by atoms with Gasteiger partial charge in [0, 0.05) is 18.0 Å². The van der Waals surface area contributed by atoms with Gasteiger partial charge in [0.15, 0.2) is 5.82 Å². The standard InChI is InChI=1S/C14H19N3O/c1-9-6-5-7-12(11(9)3)14-16-13(17-18-14)8-10(2)15-4/h5-7,10,15H,8H2,1-4H3. The summed E-state index contributed by atoms with van der Waals surface area (Å²) in [7, 11) is 1.93. The lowest BCUT2D eigenvalue weighted by Crippen LogP contribution is -2.24. The van der Waals surface area contributed by atoms with Crippen LogP contribution in [0.4, 0.5) is 0 Å². The lowest BCUT2D eigenvalue weighted by Gasteiger charge is -2.05. The molecule has 1 N–H and O–H groups in total. The van der Waals surface area contributed by atoms with E-state index in [2.05, 4.69) is 42.3 Å². The third kappa shape index (κ3) is 2.59. The number of hydrogen-bond donors (Lipinski definition) is 1. The highest BCUT2D eigenvalue weighted by Gasteiger charge is 2.13. The van der Waals surface area contributed by atoms with E-state index in [0.29, 0.717) is 11.9 Å². The monoisotopic (exact) mass is 245 g/mol. The summed E-state index contributed by atoms with van der Waals surface area (Å²) in [5.74, 6) is 1.35. The van der Waals surface area contributed by atoms with Gasteiger partial charge in [-0.1, -0.05) is 17.3 Å². The van der Waals surface area contributed by atoms with Gasteiger partial charge in [-0.15, -0.1) is 0 Å². The number of nitrogens with one attached hydrogen (secondary N) is 1. The molecule has 0 radical (unpaired) electrons. The molecule has 0 aliphatic carbocycles. The first-order chi connectivity index (χ1) is 8.61. The number of aromatic nitrogens is 2. The Balaban J connectivity index is 2.27. The number of hydrogen-bond acceptors (Lipinski definition) is 4. The summed E-state index contributed by atoms with van der Waals surface area (Å²) in [6.07, 6.45) is 0.769. The third-order valence-electron chi connectivity index (χ3n) is 3.28. The third-order valence-corrected chi connectivity index (χ3v) is 3.28. The van der Waals surface area contributed by atoms with Crippen LogP contribution in [0.25, 0.3) is 11.5 Å². The van der Waals surface area contributed by atoms with E-state index in [-0.39, 0.29) is 0 Å². The van der Waals surface area contributed by atoms with Gasteiger partial charge in [0.05, 0.1) is 0 Å². The normalized spacial score (nSPS) is 12.7. The van der Waals surface area contributed by atoms with Crippen LogP contribution in [-0.2, 0) is 6.42 Å². The Morgan fingerprint density at radius 3 is 2.83 bits per heavy atom. The zero-order valence-electron chi connectivity index (χ0n) is 11.3. The van der Waals surface area contributed by atoms with Crippen LogP contribution in [0.3, 0.4) is 0 Å². The minimum atomic E-state index is 0.342. The van der Waals surface area contributed by atoms with Gasteiger partial charge in [0.1, 0.15) is 0 Å². The zero-order valence-corrected chi connectivity index (χ0v) is 11.3. The van der Waals surface area contributed by atoms with Crippen molar-refractivity contribution in [3.8, 4) is 11.5 Å². The first-order valence-electron chi connectivity index (χ1n) is 6.18. The van der Waals surface area contributed by atoms with Gasteiger partial charge in [-0.3, -0.25) is 0 Å². The Morgan fingerprint density at radius 1 is 1.33 bits per heavy atom. The molecule has 1 atom stereocenters. The van der Waals surface area contributed by atoms with E-state index in [9.17, 15) is 0 Å². The molecule has 0 saturated carbocycles. The van der Waals surface area contributed by atoms with Gasteiger partial charge in [0.25, 0.3) is 5.89 Å². The summed E-state index contributed by atoms with van der Waals surface area (Å²) >= 11 is 0. The van der Waals surface area contributed by atoms with Gasteiger partial charge in [-0.25, -0.2) is 0 Å². The van der Waals surface area contributed by atoms with Crippen LogP contribution >= 0.6 is 0 Å². The molecule has 1 unspecified atom stereocenters. The van der Waals surface area contributed by atoms with Gasteiger partial charge in [-0.05, 0) is 45.0 Å². The summed E-state index contributed by atoms with van der Waals surface area (Å²) in [6, 6.07) is 6.45. The van der Waals surface area contributed by atoms with Crippen molar-refractivity contribution in [1.29, 1.82) is 0 Å². The Bertz CT molecular complexity index is 534. The molecule has 0 aliphatic rings. The van der Waals surface area contributed by atoms with Crippen molar-refractivity contribution in [3.05, 3.63) is 35.2 Å².